The van der Waals surface area contributed by atoms with Gasteiger partial charge in [-0.1, -0.05) is 25.7 Å². The Hall–Kier alpha value is -3.03. The summed E-state index contributed by atoms with van der Waals surface area (Å²) in [5, 5.41) is 11.5. The molecular formula is C26H29F6N3O4S. The molecule has 1 saturated carbocycles. The number of ether oxygens (including phenoxy) is 1. The Balaban J connectivity index is 1.63. The van der Waals surface area contributed by atoms with Crippen LogP contribution in [0.25, 0.3) is 17.0 Å². The van der Waals surface area contributed by atoms with E-state index in [2.05, 4.69) is 10.3 Å². The smallest absolute Gasteiger partial charge is 0.400 e. The monoisotopic (exact) mass is 593 g/mol. The van der Waals surface area contributed by atoms with Gasteiger partial charge < -0.3 is 15.3 Å². The summed E-state index contributed by atoms with van der Waals surface area (Å²) in [6, 6.07) is 3.22. The quantitative estimate of drug-likeness (QED) is 0.218. The molecule has 1 atom stereocenters. The molecular weight excluding hydrogens is 564 g/mol. The number of rotatable bonds is 7. The van der Waals surface area contributed by atoms with E-state index in [0.717, 1.165) is 49.5 Å². The van der Waals surface area contributed by atoms with E-state index in [0.29, 0.717) is 34.9 Å². The number of alkyl halides is 6. The van der Waals surface area contributed by atoms with E-state index in [1.165, 1.54) is 6.20 Å². The largest absolute Gasteiger partial charge is 0.478 e. The number of allylic oxidation sites excluding steroid dienone is 2. The SMILES string of the molecule is Cc1cc(C2=C(OCC3CCCCCC3)NC=C(S(=O)C(=O)CC(C(F)(F)F)C(F)(F)F)C2)c2ccnc-2n1O. The molecule has 0 spiro atoms. The zero-order valence-corrected chi connectivity index (χ0v) is 22.4. The number of pyridine rings is 1. The Kier molecular flexibility index (Phi) is 8.86. The fourth-order valence-corrected chi connectivity index (χ4v) is 6.06. The number of carbonyl (C=O) groups excluding carboxylic acids is 1. The maximum absolute atomic E-state index is 13.0. The Labute approximate surface area is 229 Å². The fraction of sp³-hybridized carbons (Fsp3) is 0.538. The fourth-order valence-electron chi connectivity index (χ4n) is 5.01. The minimum absolute atomic E-state index is 0.198. The Morgan fingerprint density at radius 3 is 2.42 bits per heavy atom. The standard InChI is InChI=1S/C26H29F6N3O4S/c1-15-10-19(18-8-9-33-23(18)35(15)37)20-11-17(13-34-24(20)39-14-16-6-4-2-3-5-7-16)40(38)22(36)12-21(25(27,28)29)26(30,31)32/h8-10,13,16,21,34,37H,2-7,11-12,14H2,1H3. The van der Waals surface area contributed by atoms with Crippen LogP contribution in [-0.2, 0) is 20.3 Å². The molecule has 0 aromatic heterocycles. The number of nitrogens with one attached hydrogen (secondary N) is 1. The van der Waals surface area contributed by atoms with E-state index in [1.54, 1.807) is 19.1 Å². The van der Waals surface area contributed by atoms with Gasteiger partial charge in [0.1, 0.15) is 10.8 Å². The van der Waals surface area contributed by atoms with E-state index in [9.17, 15) is 40.6 Å². The van der Waals surface area contributed by atoms with E-state index in [1.807, 2.05) is 0 Å². The third kappa shape index (κ3) is 6.64. The number of dihydropyridines is 1. The number of hydrogen-bond acceptors (Lipinski definition) is 6. The molecule has 4 aliphatic rings. The van der Waals surface area contributed by atoms with Gasteiger partial charge in [0, 0.05) is 41.3 Å². The molecule has 3 aliphatic heterocycles. The average Bonchev–Trinajstić information content (AvgIpc) is 3.23. The number of hydrogen-bond donors (Lipinski definition) is 2. The molecule has 40 heavy (non-hydrogen) atoms. The minimum Gasteiger partial charge on any atom is -0.478 e. The zero-order valence-electron chi connectivity index (χ0n) is 21.6. The Morgan fingerprint density at radius 1 is 1.15 bits per heavy atom. The molecule has 2 N–H and O–H groups in total. The van der Waals surface area contributed by atoms with Gasteiger partial charge in [-0.3, -0.25) is 4.79 Å². The molecule has 220 valence electrons. The summed E-state index contributed by atoms with van der Waals surface area (Å²) in [6.45, 7) is 1.97. The lowest BCUT2D eigenvalue weighted by atomic mass is 9.96. The highest BCUT2D eigenvalue weighted by molar-refractivity contribution is 8.03. The third-order valence-electron chi connectivity index (χ3n) is 7.22. The summed E-state index contributed by atoms with van der Waals surface area (Å²) in [5.74, 6) is -3.16. The first-order valence-corrected chi connectivity index (χ1v) is 14.0. The molecule has 7 nitrogen and oxygen atoms in total. The van der Waals surface area contributed by atoms with E-state index < -0.39 is 40.6 Å². The van der Waals surface area contributed by atoms with Crippen LogP contribution in [0.2, 0.25) is 0 Å². The van der Waals surface area contributed by atoms with Crippen molar-refractivity contribution >= 4 is 21.5 Å². The van der Waals surface area contributed by atoms with Crippen LogP contribution in [0.1, 0.15) is 62.6 Å². The van der Waals surface area contributed by atoms with Crippen molar-refractivity contribution in [3.63, 3.8) is 0 Å². The normalized spacial score (nSPS) is 18.4. The first-order chi connectivity index (χ1) is 18.8. The van der Waals surface area contributed by atoms with Crippen LogP contribution in [0.15, 0.2) is 35.3 Å². The van der Waals surface area contributed by atoms with Gasteiger partial charge in [-0.25, -0.2) is 9.19 Å². The maximum atomic E-state index is 13.0. The van der Waals surface area contributed by atoms with Crippen molar-refractivity contribution in [2.45, 2.75) is 70.6 Å². The van der Waals surface area contributed by atoms with Crippen molar-refractivity contribution in [3.05, 3.63) is 46.6 Å². The van der Waals surface area contributed by atoms with Crippen LogP contribution in [0.3, 0.4) is 0 Å². The summed E-state index contributed by atoms with van der Waals surface area (Å²) in [6.07, 6.45) is -4.70. The molecule has 1 unspecified atom stereocenters. The predicted molar refractivity (Wildman–Crippen MR) is 134 cm³/mol. The molecule has 1 aliphatic carbocycles. The summed E-state index contributed by atoms with van der Waals surface area (Å²) >= 11 is 0. The van der Waals surface area contributed by atoms with E-state index in [4.69, 9.17) is 4.74 Å². The summed E-state index contributed by atoms with van der Waals surface area (Å²) in [7, 11) is -2.80. The highest BCUT2D eigenvalue weighted by atomic mass is 32.2. The van der Waals surface area contributed by atoms with Gasteiger partial charge in [-0.2, -0.15) is 31.1 Å². The molecule has 0 radical (unpaired) electrons. The van der Waals surface area contributed by atoms with Crippen LogP contribution < -0.4 is 5.32 Å². The number of carbonyl (C=O) groups is 1. The predicted octanol–water partition coefficient (Wildman–Crippen LogP) is 6.43. The summed E-state index contributed by atoms with van der Waals surface area (Å²) in [4.78, 5) is 16.4. The van der Waals surface area contributed by atoms with Gasteiger partial charge in [-0.15, -0.1) is 0 Å². The van der Waals surface area contributed by atoms with Crippen molar-refractivity contribution in [2.75, 3.05) is 6.61 Å². The summed E-state index contributed by atoms with van der Waals surface area (Å²) < 4.78 is 98.1. The summed E-state index contributed by atoms with van der Waals surface area (Å²) in [5.41, 5.74) is 1.74. The Morgan fingerprint density at radius 2 is 1.80 bits per heavy atom. The van der Waals surface area contributed by atoms with Gasteiger partial charge in [-0.05, 0) is 43.4 Å². The minimum atomic E-state index is -5.72. The van der Waals surface area contributed by atoms with E-state index in [-0.39, 0.29) is 23.0 Å². The first-order valence-electron chi connectivity index (χ1n) is 12.8. The molecule has 0 aromatic rings. The van der Waals surface area contributed by atoms with Crippen molar-refractivity contribution in [3.8, 4) is 11.4 Å². The Bertz CT molecular complexity index is 1280. The highest BCUT2D eigenvalue weighted by Crippen LogP contribution is 2.43. The van der Waals surface area contributed by atoms with Crippen molar-refractivity contribution in [1.82, 2.24) is 15.0 Å². The topological polar surface area (TPSA) is 93.5 Å². The van der Waals surface area contributed by atoms with Gasteiger partial charge in [0.25, 0.3) is 0 Å². The van der Waals surface area contributed by atoms with Crippen molar-refractivity contribution < 1.29 is 45.3 Å². The van der Waals surface area contributed by atoms with Crippen LogP contribution in [-0.4, -0.2) is 43.2 Å². The molecule has 4 rings (SSSR count). The second-order valence-electron chi connectivity index (χ2n) is 10.1. The molecule has 0 bridgehead atoms. The second kappa shape index (κ2) is 11.8. The first kappa shape index (κ1) is 29.9. The maximum Gasteiger partial charge on any atom is 0.400 e. The van der Waals surface area contributed by atoms with Crippen molar-refractivity contribution in [2.24, 2.45) is 11.8 Å². The van der Waals surface area contributed by atoms with Gasteiger partial charge in [0.15, 0.2) is 17.6 Å². The van der Waals surface area contributed by atoms with Crippen molar-refractivity contribution in [1.29, 1.82) is 0 Å². The second-order valence-corrected chi connectivity index (χ2v) is 11.6. The average molecular weight is 594 g/mol. The van der Waals surface area contributed by atoms with Gasteiger partial charge >= 0.3 is 12.4 Å². The lowest BCUT2D eigenvalue weighted by Crippen LogP contribution is -2.38. The van der Waals surface area contributed by atoms with E-state index >= 15 is 0 Å². The zero-order chi connectivity index (χ0) is 29.2. The highest BCUT2D eigenvalue weighted by Gasteiger charge is 2.57. The van der Waals surface area contributed by atoms with Crippen LogP contribution in [0.4, 0.5) is 26.3 Å². The van der Waals surface area contributed by atoms with Crippen LogP contribution >= 0.6 is 0 Å². The lowest BCUT2D eigenvalue weighted by molar-refractivity contribution is -0.283. The molecule has 3 heterocycles. The molecule has 14 heteroatoms. The number of fused-ring (bicyclic) bond motifs is 1. The number of halogens is 6. The molecule has 0 amide bonds. The number of aromatic nitrogens is 2. The lowest BCUT2D eigenvalue weighted by Gasteiger charge is -2.26. The van der Waals surface area contributed by atoms with Gasteiger partial charge in [0.2, 0.25) is 5.12 Å². The van der Waals surface area contributed by atoms with Crippen LogP contribution in [0.5, 0.6) is 0 Å². The van der Waals surface area contributed by atoms with Gasteiger partial charge in [0.05, 0.1) is 12.3 Å². The third-order valence-corrected chi connectivity index (χ3v) is 8.53. The molecule has 0 saturated heterocycles. The molecule has 1 fully saturated rings. The van der Waals surface area contributed by atoms with Crippen LogP contribution in [0, 0.1) is 18.8 Å². The number of nitrogens with zero attached hydrogens (tertiary/aromatic N) is 2. The molecule has 0 aromatic carbocycles. The number of aryl methyl sites for hydroxylation is 1.